The number of amides is 1. The monoisotopic (exact) mass is 496 g/mol. The van der Waals surface area contributed by atoms with E-state index in [2.05, 4.69) is 17.2 Å². The number of carbonyl (C=O) groups excluding carboxylic acids is 1. The summed E-state index contributed by atoms with van der Waals surface area (Å²) >= 11 is 2.58. The minimum atomic E-state index is -0.852. The summed E-state index contributed by atoms with van der Waals surface area (Å²) in [5.41, 5.74) is 0. The molecule has 1 atom stereocenters. The zero-order valence-corrected chi connectivity index (χ0v) is 21.6. The van der Waals surface area contributed by atoms with Gasteiger partial charge in [-0.1, -0.05) is 56.8 Å². The van der Waals surface area contributed by atoms with E-state index in [1.165, 1.54) is 74.5 Å². The first-order valence-corrected chi connectivity index (χ1v) is 14.6. The summed E-state index contributed by atoms with van der Waals surface area (Å²) in [6.45, 7) is 3.04. The molecule has 3 rings (SSSR count). The molecule has 1 heterocycles. The number of anilines is 1. The van der Waals surface area contributed by atoms with Crippen LogP contribution >= 0.6 is 23.1 Å². The first-order chi connectivity index (χ1) is 16.0. The van der Waals surface area contributed by atoms with Crippen molar-refractivity contribution in [1.29, 1.82) is 0 Å². The third kappa shape index (κ3) is 9.21. The Hall–Kier alpha value is -1.12. The highest BCUT2D eigenvalue weighted by atomic mass is 32.2. The molecule has 1 amide bonds. The van der Waals surface area contributed by atoms with Gasteiger partial charge in [-0.05, 0) is 56.3 Å². The number of rotatable bonds is 12. The fraction of sp³-hybridized carbons (Fsp3) is 0.800. The standard InChI is InChI=1S/C25H40N2O4S2/c1-2-15-31-20-11-9-19(10-12-20)21(18-7-5-3-4-6-8-18)13-14-22(28)27-25-26-16-24(33-25)32-17-23(29)30/h16,18-21H,2-15,17H2,1H3,(H,29,30)(H,26,27,28). The molecule has 186 valence electrons. The molecule has 2 fully saturated rings. The lowest BCUT2D eigenvalue weighted by molar-refractivity contribution is -0.133. The summed E-state index contributed by atoms with van der Waals surface area (Å²) in [7, 11) is 0. The summed E-state index contributed by atoms with van der Waals surface area (Å²) < 4.78 is 6.83. The fourth-order valence-corrected chi connectivity index (χ4v) is 7.17. The van der Waals surface area contributed by atoms with E-state index in [1.807, 2.05) is 0 Å². The van der Waals surface area contributed by atoms with E-state index < -0.39 is 5.97 Å². The second kappa shape index (κ2) is 14.3. The first-order valence-electron chi connectivity index (χ1n) is 12.8. The minimum Gasteiger partial charge on any atom is -0.481 e. The molecule has 0 spiro atoms. The van der Waals surface area contributed by atoms with Crippen molar-refractivity contribution in [1.82, 2.24) is 4.98 Å². The molecule has 1 unspecified atom stereocenters. The molecule has 2 N–H and O–H groups in total. The van der Waals surface area contributed by atoms with Gasteiger partial charge in [-0.2, -0.15) is 0 Å². The Morgan fingerprint density at radius 2 is 1.85 bits per heavy atom. The SMILES string of the molecule is CCCOC1CCC(C(CCC(=O)Nc2ncc(SCC(=O)O)s2)C2CCCCCC2)CC1. The molecule has 2 aliphatic carbocycles. The molecule has 0 aromatic carbocycles. The number of ether oxygens (including phenoxy) is 1. The maximum Gasteiger partial charge on any atom is 0.313 e. The highest BCUT2D eigenvalue weighted by Crippen LogP contribution is 2.42. The van der Waals surface area contributed by atoms with Crippen LogP contribution in [0, 0.1) is 17.8 Å². The van der Waals surface area contributed by atoms with Crippen LogP contribution in [0.3, 0.4) is 0 Å². The van der Waals surface area contributed by atoms with Crippen molar-refractivity contribution in [3.05, 3.63) is 6.20 Å². The predicted octanol–water partition coefficient (Wildman–Crippen LogP) is 6.61. The summed E-state index contributed by atoms with van der Waals surface area (Å²) in [5, 5.41) is 12.3. The molecule has 2 aliphatic rings. The molecular formula is C25H40N2O4S2. The van der Waals surface area contributed by atoms with Crippen LogP contribution in [0.1, 0.15) is 90.4 Å². The number of nitrogens with one attached hydrogen (secondary N) is 1. The average molecular weight is 497 g/mol. The van der Waals surface area contributed by atoms with Gasteiger partial charge in [-0.3, -0.25) is 9.59 Å². The van der Waals surface area contributed by atoms with Crippen LogP contribution in [0.5, 0.6) is 0 Å². The van der Waals surface area contributed by atoms with Crippen LogP contribution in [0.4, 0.5) is 5.13 Å². The predicted molar refractivity (Wildman–Crippen MR) is 135 cm³/mol. The number of hydrogen-bond donors (Lipinski definition) is 2. The van der Waals surface area contributed by atoms with Gasteiger partial charge in [-0.15, -0.1) is 11.8 Å². The maximum atomic E-state index is 12.7. The summed E-state index contributed by atoms with van der Waals surface area (Å²) in [5.74, 6) is 1.26. The van der Waals surface area contributed by atoms with Crippen molar-refractivity contribution in [3.8, 4) is 0 Å². The average Bonchev–Trinajstić information content (AvgIpc) is 3.08. The molecule has 1 aromatic heterocycles. The van der Waals surface area contributed by atoms with E-state index in [0.717, 1.165) is 42.4 Å². The van der Waals surface area contributed by atoms with Crippen molar-refractivity contribution in [3.63, 3.8) is 0 Å². The number of thioether (sulfide) groups is 1. The largest absolute Gasteiger partial charge is 0.481 e. The van der Waals surface area contributed by atoms with Crippen LogP contribution in [-0.4, -0.2) is 40.4 Å². The third-order valence-electron chi connectivity index (χ3n) is 7.16. The Balaban J connectivity index is 1.52. The zero-order valence-electron chi connectivity index (χ0n) is 19.9. The van der Waals surface area contributed by atoms with E-state index in [9.17, 15) is 9.59 Å². The Morgan fingerprint density at radius 1 is 1.15 bits per heavy atom. The van der Waals surface area contributed by atoms with E-state index in [0.29, 0.717) is 29.5 Å². The fourth-order valence-electron chi connectivity index (χ4n) is 5.56. The van der Waals surface area contributed by atoms with Crippen molar-refractivity contribution in [2.75, 3.05) is 17.7 Å². The number of carboxylic acid groups (broad SMARTS) is 1. The Kier molecular flexibility index (Phi) is 11.5. The van der Waals surface area contributed by atoms with Crippen molar-refractivity contribution >= 4 is 40.1 Å². The van der Waals surface area contributed by atoms with Gasteiger partial charge in [0, 0.05) is 13.0 Å². The Labute approximate surface area is 206 Å². The van der Waals surface area contributed by atoms with Gasteiger partial charge >= 0.3 is 5.97 Å². The molecular weight excluding hydrogens is 456 g/mol. The van der Waals surface area contributed by atoms with Crippen molar-refractivity contribution in [2.24, 2.45) is 17.8 Å². The molecule has 0 radical (unpaired) electrons. The number of nitrogens with zero attached hydrogens (tertiary/aromatic N) is 1. The molecule has 0 aliphatic heterocycles. The number of carboxylic acids is 1. The number of aliphatic carboxylic acids is 1. The number of carbonyl (C=O) groups is 2. The number of aromatic nitrogens is 1. The maximum absolute atomic E-state index is 12.7. The highest BCUT2D eigenvalue weighted by Gasteiger charge is 2.33. The van der Waals surface area contributed by atoms with Gasteiger partial charge in [0.1, 0.15) is 0 Å². The molecule has 33 heavy (non-hydrogen) atoms. The Bertz CT molecular complexity index is 726. The summed E-state index contributed by atoms with van der Waals surface area (Å²) in [4.78, 5) is 27.7. The first kappa shape index (κ1) is 26.5. The highest BCUT2D eigenvalue weighted by molar-refractivity contribution is 8.01. The Morgan fingerprint density at radius 3 is 2.52 bits per heavy atom. The molecule has 0 bridgehead atoms. The van der Waals surface area contributed by atoms with Gasteiger partial charge in [0.15, 0.2) is 5.13 Å². The lowest BCUT2D eigenvalue weighted by atomic mass is 9.69. The van der Waals surface area contributed by atoms with Gasteiger partial charge in [0.2, 0.25) is 5.91 Å². The van der Waals surface area contributed by atoms with Crippen molar-refractivity contribution < 1.29 is 19.4 Å². The normalized spacial score (nSPS) is 23.1. The quantitative estimate of drug-likeness (QED) is 0.250. The molecule has 6 nitrogen and oxygen atoms in total. The zero-order chi connectivity index (χ0) is 23.5. The lowest BCUT2D eigenvalue weighted by Gasteiger charge is -2.38. The van der Waals surface area contributed by atoms with E-state index in [-0.39, 0.29) is 11.7 Å². The molecule has 8 heteroatoms. The van der Waals surface area contributed by atoms with Crippen LogP contribution in [0.2, 0.25) is 0 Å². The van der Waals surface area contributed by atoms with E-state index >= 15 is 0 Å². The molecule has 1 aromatic rings. The van der Waals surface area contributed by atoms with Gasteiger partial charge in [-0.25, -0.2) is 4.98 Å². The second-order valence-corrected chi connectivity index (χ2v) is 11.9. The lowest BCUT2D eigenvalue weighted by Crippen LogP contribution is -2.31. The van der Waals surface area contributed by atoms with Gasteiger partial charge in [0.05, 0.1) is 22.3 Å². The molecule has 0 saturated heterocycles. The number of hydrogen-bond acceptors (Lipinski definition) is 6. The number of thiazole rings is 1. The second-order valence-electron chi connectivity index (χ2n) is 9.58. The smallest absolute Gasteiger partial charge is 0.313 e. The van der Waals surface area contributed by atoms with Crippen LogP contribution in [0.15, 0.2) is 10.4 Å². The van der Waals surface area contributed by atoms with Gasteiger partial charge in [0.25, 0.3) is 0 Å². The van der Waals surface area contributed by atoms with Crippen LogP contribution < -0.4 is 5.32 Å². The molecule has 2 saturated carbocycles. The summed E-state index contributed by atoms with van der Waals surface area (Å²) in [6, 6.07) is 0. The van der Waals surface area contributed by atoms with Crippen molar-refractivity contribution in [2.45, 2.75) is 101 Å². The van der Waals surface area contributed by atoms with Gasteiger partial charge < -0.3 is 15.2 Å². The van der Waals surface area contributed by atoms with Crippen LogP contribution in [-0.2, 0) is 14.3 Å². The third-order valence-corrected chi connectivity index (χ3v) is 9.25. The van der Waals surface area contributed by atoms with Crippen LogP contribution in [0.25, 0.3) is 0 Å². The van der Waals surface area contributed by atoms with E-state index in [1.54, 1.807) is 6.20 Å². The minimum absolute atomic E-state index is 0.00434. The van der Waals surface area contributed by atoms with E-state index in [4.69, 9.17) is 9.84 Å². The summed E-state index contributed by atoms with van der Waals surface area (Å²) in [6.07, 6.45) is 17.4. The topological polar surface area (TPSA) is 88.5 Å².